The van der Waals surface area contributed by atoms with Gasteiger partial charge in [-0.25, -0.2) is 8.42 Å². The minimum atomic E-state index is -3.84. The number of amides is 1. The number of benzene rings is 2. The van der Waals surface area contributed by atoms with Crippen LogP contribution in [0.15, 0.2) is 53.4 Å². The molecule has 1 amide bonds. The highest BCUT2D eigenvalue weighted by Crippen LogP contribution is 2.28. The van der Waals surface area contributed by atoms with Crippen molar-refractivity contribution < 1.29 is 17.9 Å². The lowest BCUT2D eigenvalue weighted by molar-refractivity contribution is 0.1000. The van der Waals surface area contributed by atoms with Crippen LogP contribution in [0.1, 0.15) is 15.9 Å². The van der Waals surface area contributed by atoms with Crippen molar-refractivity contribution in [2.24, 2.45) is 5.73 Å². The molecule has 0 unspecified atom stereocenters. The summed E-state index contributed by atoms with van der Waals surface area (Å²) in [7, 11) is -0.994. The molecule has 6 nitrogen and oxygen atoms in total. The number of carbonyl (C=O) groups is 1. The molecule has 0 fully saturated rings. The molecule has 0 aliphatic carbocycles. The molecular formula is C16H18N2O4S. The van der Waals surface area contributed by atoms with Crippen molar-refractivity contribution in [2.75, 3.05) is 14.2 Å². The number of hydrogen-bond acceptors (Lipinski definition) is 4. The van der Waals surface area contributed by atoms with E-state index in [9.17, 15) is 13.2 Å². The summed E-state index contributed by atoms with van der Waals surface area (Å²) in [5.41, 5.74) is 6.19. The molecule has 0 aliphatic heterocycles. The summed E-state index contributed by atoms with van der Waals surface area (Å²) in [5.74, 6) is -0.537. The molecule has 0 heterocycles. The van der Waals surface area contributed by atoms with Gasteiger partial charge in [0.25, 0.3) is 0 Å². The number of methoxy groups -OCH3 is 1. The van der Waals surface area contributed by atoms with E-state index in [4.69, 9.17) is 10.5 Å². The van der Waals surface area contributed by atoms with Gasteiger partial charge in [0.2, 0.25) is 15.9 Å². The largest absolute Gasteiger partial charge is 0.495 e. The fourth-order valence-corrected chi connectivity index (χ4v) is 3.46. The Labute approximate surface area is 135 Å². The third-order valence-electron chi connectivity index (χ3n) is 3.38. The molecule has 0 aliphatic rings. The second-order valence-electron chi connectivity index (χ2n) is 4.98. The first-order valence-electron chi connectivity index (χ1n) is 6.84. The first-order valence-corrected chi connectivity index (χ1v) is 8.28. The molecule has 7 heteroatoms. The zero-order chi connectivity index (χ0) is 17.0. The molecule has 0 spiro atoms. The van der Waals surface area contributed by atoms with E-state index in [2.05, 4.69) is 0 Å². The summed E-state index contributed by atoms with van der Waals surface area (Å²) in [6, 6.07) is 13.3. The zero-order valence-electron chi connectivity index (χ0n) is 12.9. The molecular weight excluding hydrogens is 316 g/mol. The monoisotopic (exact) mass is 334 g/mol. The Balaban J connectivity index is 2.41. The van der Waals surface area contributed by atoms with Crippen molar-refractivity contribution in [3.63, 3.8) is 0 Å². The highest BCUT2D eigenvalue weighted by Gasteiger charge is 2.26. The first-order chi connectivity index (χ1) is 10.9. The Morgan fingerprint density at radius 2 is 1.83 bits per heavy atom. The maximum Gasteiger partial charge on any atom is 0.248 e. The third kappa shape index (κ3) is 3.69. The molecule has 122 valence electrons. The highest BCUT2D eigenvalue weighted by molar-refractivity contribution is 7.89. The number of carbonyl (C=O) groups excluding carboxylic acids is 1. The standard InChI is InChI=1S/C16H18N2O4S/c1-18(11-12-6-4-3-5-7-12)23(20,21)15-10-13(16(17)19)8-9-14(15)22-2/h3-10H,11H2,1-2H3,(H2,17,19). The van der Waals surface area contributed by atoms with Crippen molar-refractivity contribution in [2.45, 2.75) is 11.4 Å². The van der Waals surface area contributed by atoms with Gasteiger partial charge in [0.1, 0.15) is 10.6 Å². The topological polar surface area (TPSA) is 89.7 Å². The average molecular weight is 334 g/mol. The minimum Gasteiger partial charge on any atom is -0.495 e. The van der Waals surface area contributed by atoms with E-state index in [0.29, 0.717) is 0 Å². The molecule has 0 radical (unpaired) electrons. The number of primary amides is 1. The van der Waals surface area contributed by atoms with E-state index in [1.54, 1.807) is 0 Å². The van der Waals surface area contributed by atoms with Crippen LogP contribution in [0.5, 0.6) is 5.75 Å². The van der Waals surface area contributed by atoms with Gasteiger partial charge in [-0.15, -0.1) is 0 Å². The first kappa shape index (κ1) is 17.0. The van der Waals surface area contributed by atoms with E-state index in [0.717, 1.165) is 5.56 Å². The van der Waals surface area contributed by atoms with Gasteiger partial charge >= 0.3 is 0 Å². The second kappa shape index (κ2) is 6.80. The van der Waals surface area contributed by atoms with Crippen molar-refractivity contribution in [1.29, 1.82) is 0 Å². The lowest BCUT2D eigenvalue weighted by Gasteiger charge is -2.19. The molecule has 2 rings (SSSR count). The maximum absolute atomic E-state index is 12.8. The Morgan fingerprint density at radius 3 is 2.39 bits per heavy atom. The van der Waals surface area contributed by atoms with Crippen molar-refractivity contribution in [1.82, 2.24) is 4.31 Å². The Hall–Kier alpha value is -2.38. The summed E-state index contributed by atoms with van der Waals surface area (Å²) in [6.07, 6.45) is 0. The molecule has 2 aromatic rings. The van der Waals surface area contributed by atoms with E-state index in [1.165, 1.54) is 36.7 Å². The predicted molar refractivity (Wildman–Crippen MR) is 86.6 cm³/mol. The van der Waals surface area contributed by atoms with Gasteiger partial charge in [-0.1, -0.05) is 30.3 Å². The Kier molecular flexibility index (Phi) is 5.02. The summed E-state index contributed by atoms with van der Waals surface area (Å²) < 4.78 is 31.9. The molecule has 0 bridgehead atoms. The fraction of sp³-hybridized carbons (Fsp3) is 0.188. The minimum absolute atomic E-state index is 0.0882. The fourth-order valence-electron chi connectivity index (χ4n) is 2.12. The van der Waals surface area contributed by atoms with Gasteiger partial charge < -0.3 is 10.5 Å². The smallest absolute Gasteiger partial charge is 0.248 e. The number of nitrogens with zero attached hydrogens (tertiary/aromatic N) is 1. The Morgan fingerprint density at radius 1 is 1.17 bits per heavy atom. The van der Waals surface area contributed by atoms with Crippen LogP contribution < -0.4 is 10.5 Å². The van der Waals surface area contributed by atoms with Crippen LogP contribution in [0.25, 0.3) is 0 Å². The summed E-state index contributed by atoms with van der Waals surface area (Å²) in [4.78, 5) is 11.2. The number of hydrogen-bond donors (Lipinski definition) is 1. The molecule has 0 saturated carbocycles. The third-order valence-corrected chi connectivity index (χ3v) is 5.21. The number of nitrogens with two attached hydrogens (primary N) is 1. The van der Waals surface area contributed by atoms with Crippen molar-refractivity contribution >= 4 is 15.9 Å². The van der Waals surface area contributed by atoms with E-state index >= 15 is 0 Å². The number of ether oxygens (including phenoxy) is 1. The average Bonchev–Trinajstić information content (AvgIpc) is 2.55. The SMILES string of the molecule is COc1ccc(C(N)=O)cc1S(=O)(=O)N(C)Cc1ccccc1. The quantitative estimate of drug-likeness (QED) is 0.869. The predicted octanol–water partition coefficient (Wildman–Crippen LogP) is 1.61. The van der Waals surface area contributed by atoms with Crippen LogP contribution in [-0.2, 0) is 16.6 Å². The summed E-state index contributed by atoms with van der Waals surface area (Å²) in [6.45, 7) is 0.202. The van der Waals surface area contributed by atoms with Crippen LogP contribution in [0.2, 0.25) is 0 Å². The molecule has 0 atom stereocenters. The van der Waals surface area contributed by atoms with Crippen LogP contribution in [0.4, 0.5) is 0 Å². The molecule has 0 saturated heterocycles. The Bertz CT molecular complexity index is 804. The molecule has 0 aromatic heterocycles. The van der Waals surface area contributed by atoms with E-state index in [1.807, 2.05) is 30.3 Å². The number of rotatable bonds is 6. The van der Waals surface area contributed by atoms with Crippen LogP contribution in [-0.4, -0.2) is 32.8 Å². The van der Waals surface area contributed by atoms with Crippen molar-refractivity contribution in [3.8, 4) is 5.75 Å². The van der Waals surface area contributed by atoms with E-state index in [-0.39, 0.29) is 22.8 Å². The lowest BCUT2D eigenvalue weighted by Crippen LogP contribution is -2.27. The van der Waals surface area contributed by atoms with Crippen molar-refractivity contribution in [3.05, 3.63) is 59.7 Å². The summed E-state index contributed by atoms with van der Waals surface area (Å²) in [5, 5.41) is 0. The lowest BCUT2D eigenvalue weighted by atomic mass is 10.2. The highest BCUT2D eigenvalue weighted by atomic mass is 32.2. The van der Waals surface area contributed by atoms with Gasteiger partial charge in [0.15, 0.2) is 0 Å². The van der Waals surface area contributed by atoms with Gasteiger partial charge in [0.05, 0.1) is 7.11 Å². The molecule has 23 heavy (non-hydrogen) atoms. The molecule has 2 aromatic carbocycles. The zero-order valence-corrected chi connectivity index (χ0v) is 13.7. The summed E-state index contributed by atoms with van der Waals surface area (Å²) >= 11 is 0. The van der Waals surface area contributed by atoms with E-state index < -0.39 is 15.9 Å². The van der Waals surface area contributed by atoms with Gasteiger partial charge in [-0.2, -0.15) is 4.31 Å². The van der Waals surface area contributed by atoms with Gasteiger partial charge in [-0.05, 0) is 23.8 Å². The van der Waals surface area contributed by atoms with Gasteiger partial charge in [0, 0.05) is 19.2 Å². The normalized spacial score (nSPS) is 11.4. The van der Waals surface area contributed by atoms with Crippen LogP contribution >= 0.6 is 0 Å². The van der Waals surface area contributed by atoms with Crippen LogP contribution in [0.3, 0.4) is 0 Å². The second-order valence-corrected chi connectivity index (χ2v) is 6.99. The maximum atomic E-state index is 12.8. The molecule has 2 N–H and O–H groups in total. The van der Waals surface area contributed by atoms with Crippen LogP contribution in [0, 0.1) is 0 Å². The number of sulfonamides is 1. The van der Waals surface area contributed by atoms with Gasteiger partial charge in [-0.3, -0.25) is 4.79 Å².